The van der Waals surface area contributed by atoms with Crippen molar-refractivity contribution >= 4 is 36.0 Å². The smallest absolute Gasteiger partial charge is 0.407 e. The minimum atomic E-state index is -0.514. The molecule has 0 aliphatic carbocycles. The Bertz CT molecular complexity index is 715. The molecule has 1 aliphatic heterocycles. The van der Waals surface area contributed by atoms with E-state index >= 15 is 0 Å². The number of nitrogens with one attached hydrogen (secondary N) is 3. The quantitative estimate of drug-likeness (QED) is 0.262. The monoisotopic (exact) mass is 549 g/mol. The Morgan fingerprint density at radius 1 is 1.32 bits per heavy atom. The number of hydrogen-bond donors (Lipinski definition) is 3. The van der Waals surface area contributed by atoms with Crippen LogP contribution in [0.4, 0.5) is 4.79 Å². The molecule has 31 heavy (non-hydrogen) atoms. The standard InChI is InChI=1S/C21H39N7O2.HI/c1-7-10-15(25-20(29)30-21(4,5)6)13-23-19(22-9-3)24-16-11-12-18-26-17(8-2)27-28(18)14-16;/h15-16H,7-14H2,1-6H3,(H,25,29)(H2,22,23,24);1H. The number of hydrogen-bond acceptors (Lipinski definition) is 5. The van der Waals surface area contributed by atoms with Gasteiger partial charge in [0.25, 0.3) is 0 Å². The molecule has 1 aliphatic rings. The molecule has 1 aromatic rings. The SMILES string of the molecule is CCCC(CN=C(NCC)NC1CCc2nc(CC)nn2C1)NC(=O)OC(C)(C)C.I. The first-order valence-electron chi connectivity index (χ1n) is 11.2. The van der Waals surface area contributed by atoms with E-state index in [9.17, 15) is 4.79 Å². The highest BCUT2D eigenvalue weighted by atomic mass is 127. The van der Waals surface area contributed by atoms with Crippen molar-refractivity contribution in [1.82, 2.24) is 30.7 Å². The van der Waals surface area contributed by atoms with Crippen LogP contribution >= 0.6 is 24.0 Å². The molecule has 10 heteroatoms. The molecule has 0 saturated carbocycles. The van der Waals surface area contributed by atoms with Crippen LogP contribution in [0.5, 0.6) is 0 Å². The topological polar surface area (TPSA) is 105 Å². The molecule has 0 bridgehead atoms. The second-order valence-corrected chi connectivity index (χ2v) is 8.71. The number of carbonyl (C=O) groups is 1. The summed E-state index contributed by atoms with van der Waals surface area (Å²) in [5, 5.41) is 14.4. The fraction of sp³-hybridized carbons (Fsp3) is 0.810. The van der Waals surface area contributed by atoms with Gasteiger partial charge in [-0.15, -0.1) is 24.0 Å². The van der Waals surface area contributed by atoms with Gasteiger partial charge in [-0.1, -0.05) is 20.3 Å². The van der Waals surface area contributed by atoms with Crippen LogP contribution in [0.1, 0.15) is 72.5 Å². The molecular formula is C21H40IN7O2. The van der Waals surface area contributed by atoms with Gasteiger partial charge >= 0.3 is 6.09 Å². The van der Waals surface area contributed by atoms with E-state index in [1.165, 1.54) is 0 Å². The Morgan fingerprint density at radius 3 is 2.68 bits per heavy atom. The number of rotatable bonds is 8. The molecule has 0 spiro atoms. The van der Waals surface area contributed by atoms with Gasteiger partial charge in [0, 0.05) is 25.4 Å². The average molecular weight is 550 g/mol. The molecule has 0 aromatic carbocycles. The van der Waals surface area contributed by atoms with Gasteiger partial charge < -0.3 is 20.7 Å². The van der Waals surface area contributed by atoms with E-state index in [2.05, 4.69) is 39.9 Å². The summed E-state index contributed by atoms with van der Waals surface area (Å²) in [5.74, 6) is 2.73. The van der Waals surface area contributed by atoms with Crippen LogP contribution in [-0.4, -0.2) is 57.6 Å². The van der Waals surface area contributed by atoms with Crippen LogP contribution in [0, 0.1) is 0 Å². The predicted octanol–water partition coefficient (Wildman–Crippen LogP) is 3.02. The number of halogens is 1. The first-order chi connectivity index (χ1) is 14.2. The highest BCUT2D eigenvalue weighted by Crippen LogP contribution is 2.13. The maximum atomic E-state index is 12.1. The molecular weight excluding hydrogens is 509 g/mol. The fourth-order valence-electron chi connectivity index (χ4n) is 3.37. The summed E-state index contributed by atoms with van der Waals surface area (Å²) in [6.07, 6.45) is 4.15. The lowest BCUT2D eigenvalue weighted by molar-refractivity contribution is 0.0503. The van der Waals surface area contributed by atoms with Crippen LogP contribution < -0.4 is 16.0 Å². The first-order valence-corrected chi connectivity index (χ1v) is 11.2. The van der Waals surface area contributed by atoms with Gasteiger partial charge in [-0.3, -0.25) is 4.99 Å². The van der Waals surface area contributed by atoms with Crippen molar-refractivity contribution in [2.45, 2.75) is 97.9 Å². The second-order valence-electron chi connectivity index (χ2n) is 8.71. The van der Waals surface area contributed by atoms with E-state index < -0.39 is 11.7 Å². The van der Waals surface area contributed by atoms with Crippen LogP contribution in [0.15, 0.2) is 4.99 Å². The Kier molecular flexibility index (Phi) is 11.6. The molecule has 2 heterocycles. The van der Waals surface area contributed by atoms with E-state index in [0.717, 1.165) is 62.8 Å². The number of carbonyl (C=O) groups excluding carboxylic acids is 1. The molecule has 2 atom stereocenters. The summed E-state index contributed by atoms with van der Waals surface area (Å²) in [4.78, 5) is 21.5. The minimum absolute atomic E-state index is 0. The first kappa shape index (κ1) is 27.4. The second kappa shape index (κ2) is 13.1. The summed E-state index contributed by atoms with van der Waals surface area (Å²) in [6, 6.07) is 0.172. The summed E-state index contributed by atoms with van der Waals surface area (Å²) >= 11 is 0. The van der Waals surface area contributed by atoms with Crippen molar-refractivity contribution in [3.8, 4) is 0 Å². The van der Waals surface area contributed by atoms with Crippen molar-refractivity contribution in [2.75, 3.05) is 13.1 Å². The van der Waals surface area contributed by atoms with Crippen LogP contribution in [0.2, 0.25) is 0 Å². The van der Waals surface area contributed by atoms with Gasteiger partial charge in [-0.25, -0.2) is 14.5 Å². The number of aromatic nitrogens is 3. The molecule has 2 unspecified atom stereocenters. The summed E-state index contributed by atoms with van der Waals surface area (Å²) in [7, 11) is 0. The molecule has 1 amide bonds. The van der Waals surface area contributed by atoms with E-state index in [0.29, 0.717) is 6.54 Å². The van der Waals surface area contributed by atoms with Crippen LogP contribution in [-0.2, 0) is 24.1 Å². The molecule has 178 valence electrons. The number of amides is 1. The molecule has 0 radical (unpaired) electrons. The lowest BCUT2D eigenvalue weighted by Gasteiger charge is -2.26. The highest BCUT2D eigenvalue weighted by Gasteiger charge is 2.23. The lowest BCUT2D eigenvalue weighted by Crippen LogP contribution is -2.48. The average Bonchev–Trinajstić information content (AvgIpc) is 3.07. The summed E-state index contributed by atoms with van der Waals surface area (Å²) in [5.41, 5.74) is -0.514. The zero-order valence-electron chi connectivity index (χ0n) is 19.8. The normalized spacial score (nSPS) is 17.2. The lowest BCUT2D eigenvalue weighted by atomic mass is 10.1. The largest absolute Gasteiger partial charge is 0.444 e. The number of aryl methyl sites for hydroxylation is 2. The third-order valence-electron chi connectivity index (χ3n) is 4.73. The zero-order valence-corrected chi connectivity index (χ0v) is 22.2. The van der Waals surface area contributed by atoms with Gasteiger partial charge in [0.15, 0.2) is 11.8 Å². The number of aliphatic imine (C=N–C) groups is 1. The Labute approximate surface area is 203 Å². The predicted molar refractivity (Wildman–Crippen MR) is 134 cm³/mol. The van der Waals surface area contributed by atoms with Crippen molar-refractivity contribution < 1.29 is 9.53 Å². The fourth-order valence-corrected chi connectivity index (χ4v) is 3.37. The third-order valence-corrected chi connectivity index (χ3v) is 4.73. The molecule has 2 rings (SSSR count). The van der Waals surface area contributed by atoms with Crippen molar-refractivity contribution in [3.63, 3.8) is 0 Å². The molecule has 1 aromatic heterocycles. The number of guanidine groups is 1. The maximum absolute atomic E-state index is 12.1. The van der Waals surface area contributed by atoms with Crippen molar-refractivity contribution in [2.24, 2.45) is 4.99 Å². The zero-order chi connectivity index (χ0) is 22.1. The Morgan fingerprint density at radius 2 is 2.06 bits per heavy atom. The number of fused-ring (bicyclic) bond motifs is 1. The number of nitrogens with zero attached hydrogens (tertiary/aromatic N) is 4. The third kappa shape index (κ3) is 9.61. The maximum Gasteiger partial charge on any atom is 0.407 e. The van der Waals surface area contributed by atoms with Gasteiger partial charge in [-0.2, -0.15) is 5.10 Å². The van der Waals surface area contributed by atoms with Gasteiger partial charge in [0.2, 0.25) is 0 Å². The van der Waals surface area contributed by atoms with E-state index in [4.69, 9.17) is 9.73 Å². The van der Waals surface area contributed by atoms with Gasteiger partial charge in [0.05, 0.1) is 19.1 Å². The number of ether oxygens (including phenoxy) is 1. The van der Waals surface area contributed by atoms with E-state index in [-0.39, 0.29) is 36.1 Å². The van der Waals surface area contributed by atoms with E-state index in [1.54, 1.807) is 0 Å². The molecule has 0 saturated heterocycles. The molecule has 3 N–H and O–H groups in total. The molecule has 0 fully saturated rings. The Balaban J connectivity index is 0.00000480. The van der Waals surface area contributed by atoms with E-state index in [1.807, 2.05) is 32.4 Å². The van der Waals surface area contributed by atoms with Crippen molar-refractivity contribution in [1.29, 1.82) is 0 Å². The molecule has 9 nitrogen and oxygen atoms in total. The minimum Gasteiger partial charge on any atom is -0.444 e. The van der Waals surface area contributed by atoms with Crippen molar-refractivity contribution in [3.05, 3.63) is 11.6 Å². The van der Waals surface area contributed by atoms with Gasteiger partial charge in [-0.05, 0) is 40.5 Å². The Hall–Kier alpha value is -1.59. The summed E-state index contributed by atoms with van der Waals surface area (Å²) in [6.45, 7) is 13.8. The van der Waals surface area contributed by atoms with Gasteiger partial charge in [0.1, 0.15) is 11.4 Å². The number of alkyl carbamates (subject to hydrolysis) is 1. The highest BCUT2D eigenvalue weighted by molar-refractivity contribution is 14.0. The van der Waals surface area contributed by atoms with Crippen LogP contribution in [0.3, 0.4) is 0 Å². The summed E-state index contributed by atoms with van der Waals surface area (Å²) < 4.78 is 7.40. The van der Waals surface area contributed by atoms with Crippen LogP contribution in [0.25, 0.3) is 0 Å².